The van der Waals surface area contributed by atoms with Crippen molar-refractivity contribution in [2.45, 2.75) is 33.2 Å². The largest absolute Gasteiger partial charge is 0.494 e. The molecule has 1 aromatic rings. The summed E-state index contributed by atoms with van der Waals surface area (Å²) in [5, 5.41) is 12.2. The molecular weight excluding hydrogens is 200 g/mol. The van der Waals surface area contributed by atoms with E-state index in [-0.39, 0.29) is 0 Å². The van der Waals surface area contributed by atoms with Crippen molar-refractivity contribution in [3.63, 3.8) is 0 Å². The lowest BCUT2D eigenvalue weighted by atomic mass is 10.0. The number of nitriles is 1. The van der Waals surface area contributed by atoms with Crippen molar-refractivity contribution >= 4 is 5.69 Å². The first-order chi connectivity index (χ1) is 7.39. The van der Waals surface area contributed by atoms with Gasteiger partial charge in [0, 0.05) is 0 Å². The van der Waals surface area contributed by atoms with Gasteiger partial charge in [-0.15, -0.1) is 0 Å². The summed E-state index contributed by atoms with van der Waals surface area (Å²) >= 11 is 0. The van der Waals surface area contributed by atoms with E-state index in [1.807, 2.05) is 33.8 Å². The molecular formula is C13H18N2O. The van der Waals surface area contributed by atoms with Crippen LogP contribution in [0.3, 0.4) is 0 Å². The number of methoxy groups -OCH3 is 1. The first-order valence-corrected chi connectivity index (χ1v) is 5.24. The highest BCUT2D eigenvalue weighted by Crippen LogP contribution is 2.31. The normalized spacial score (nSPS) is 10.8. The summed E-state index contributed by atoms with van der Waals surface area (Å²) in [6.45, 7) is 7.70. The molecule has 1 rings (SSSR count). The smallest absolute Gasteiger partial charge is 0.144 e. The fraction of sp³-hybridized carbons (Fsp3) is 0.462. The summed E-state index contributed by atoms with van der Waals surface area (Å²) < 4.78 is 5.35. The molecule has 0 spiro atoms. The Kier molecular flexibility index (Phi) is 3.44. The zero-order valence-electron chi connectivity index (χ0n) is 10.5. The van der Waals surface area contributed by atoms with Gasteiger partial charge in [-0.3, -0.25) is 0 Å². The summed E-state index contributed by atoms with van der Waals surface area (Å²) in [7, 11) is 1.64. The fourth-order valence-corrected chi connectivity index (χ4v) is 1.68. The lowest BCUT2D eigenvalue weighted by Crippen LogP contribution is -2.28. The molecule has 0 amide bonds. The molecule has 3 heteroatoms. The first kappa shape index (κ1) is 12.4. The Balaban J connectivity index is 3.18. The molecule has 86 valence electrons. The topological polar surface area (TPSA) is 45.0 Å². The van der Waals surface area contributed by atoms with Crippen molar-refractivity contribution in [1.29, 1.82) is 5.26 Å². The lowest BCUT2D eigenvalue weighted by molar-refractivity contribution is 0.412. The number of aryl methyl sites for hydroxylation is 2. The monoisotopic (exact) mass is 218 g/mol. The minimum Gasteiger partial charge on any atom is -0.494 e. The van der Waals surface area contributed by atoms with Crippen LogP contribution in [0.25, 0.3) is 0 Å². The number of nitrogens with zero attached hydrogens (tertiary/aromatic N) is 1. The number of ether oxygens (including phenoxy) is 1. The Bertz CT molecular complexity index is 430. The lowest BCUT2D eigenvalue weighted by Gasteiger charge is -2.22. The molecule has 0 unspecified atom stereocenters. The molecule has 0 aliphatic rings. The predicted molar refractivity (Wildman–Crippen MR) is 65.8 cm³/mol. The first-order valence-electron chi connectivity index (χ1n) is 5.24. The number of benzene rings is 1. The maximum Gasteiger partial charge on any atom is 0.144 e. The summed E-state index contributed by atoms with van der Waals surface area (Å²) in [6.07, 6.45) is 0. The molecule has 16 heavy (non-hydrogen) atoms. The van der Waals surface area contributed by atoms with Crippen LogP contribution in [0.1, 0.15) is 25.0 Å². The molecule has 0 radical (unpaired) electrons. The standard InChI is InChI=1S/C13H18N2O/c1-9-6-10(2)12(16-5)11(7-9)15-13(3,4)8-14/h6-7,15H,1-5H3. The van der Waals surface area contributed by atoms with Gasteiger partial charge < -0.3 is 10.1 Å². The van der Waals surface area contributed by atoms with Crippen LogP contribution in [-0.4, -0.2) is 12.6 Å². The molecule has 0 heterocycles. The Labute approximate surface area is 97.0 Å². The Morgan fingerprint density at radius 3 is 2.44 bits per heavy atom. The van der Waals surface area contributed by atoms with E-state index in [0.29, 0.717) is 0 Å². The predicted octanol–water partition coefficient (Wildman–Crippen LogP) is 3.03. The van der Waals surface area contributed by atoms with Gasteiger partial charge in [0.1, 0.15) is 11.3 Å². The second kappa shape index (κ2) is 4.44. The fourth-order valence-electron chi connectivity index (χ4n) is 1.68. The van der Waals surface area contributed by atoms with E-state index in [9.17, 15) is 0 Å². The van der Waals surface area contributed by atoms with Crippen LogP contribution in [0.5, 0.6) is 5.75 Å². The number of nitrogens with one attached hydrogen (secondary N) is 1. The third-order valence-corrected chi connectivity index (χ3v) is 2.35. The summed E-state index contributed by atoms with van der Waals surface area (Å²) in [5.41, 5.74) is 2.48. The highest BCUT2D eigenvalue weighted by Gasteiger charge is 2.19. The number of hydrogen-bond donors (Lipinski definition) is 1. The van der Waals surface area contributed by atoms with Gasteiger partial charge in [-0.25, -0.2) is 0 Å². The van der Waals surface area contributed by atoms with Gasteiger partial charge >= 0.3 is 0 Å². The van der Waals surface area contributed by atoms with Gasteiger partial charge in [-0.2, -0.15) is 5.26 Å². The van der Waals surface area contributed by atoms with Crippen LogP contribution in [0.15, 0.2) is 12.1 Å². The maximum absolute atomic E-state index is 9.00. The van der Waals surface area contributed by atoms with Gasteiger partial charge in [0.25, 0.3) is 0 Å². The maximum atomic E-state index is 9.00. The highest BCUT2D eigenvalue weighted by atomic mass is 16.5. The third-order valence-electron chi connectivity index (χ3n) is 2.35. The molecule has 0 aromatic heterocycles. The molecule has 0 aliphatic carbocycles. The number of anilines is 1. The zero-order chi connectivity index (χ0) is 12.3. The minimum atomic E-state index is -0.604. The van der Waals surface area contributed by atoms with E-state index >= 15 is 0 Å². The Hall–Kier alpha value is -1.69. The molecule has 0 saturated carbocycles. The van der Waals surface area contributed by atoms with Crippen molar-refractivity contribution in [3.05, 3.63) is 23.3 Å². The number of hydrogen-bond acceptors (Lipinski definition) is 3. The quantitative estimate of drug-likeness (QED) is 0.848. The molecule has 0 bridgehead atoms. The van der Waals surface area contributed by atoms with Crippen molar-refractivity contribution in [1.82, 2.24) is 0 Å². The molecule has 0 fully saturated rings. The van der Waals surface area contributed by atoms with Crippen LogP contribution >= 0.6 is 0 Å². The molecule has 1 N–H and O–H groups in total. The van der Waals surface area contributed by atoms with Crippen molar-refractivity contribution < 1.29 is 4.74 Å². The van der Waals surface area contributed by atoms with Crippen LogP contribution in [0.2, 0.25) is 0 Å². The van der Waals surface area contributed by atoms with Gasteiger partial charge in [-0.05, 0) is 44.9 Å². The Morgan fingerprint density at radius 2 is 1.94 bits per heavy atom. The Morgan fingerprint density at radius 1 is 1.31 bits per heavy atom. The van der Waals surface area contributed by atoms with Crippen molar-refractivity contribution in [2.24, 2.45) is 0 Å². The van der Waals surface area contributed by atoms with Gasteiger partial charge in [0.05, 0.1) is 18.9 Å². The average Bonchev–Trinajstić information content (AvgIpc) is 2.16. The summed E-state index contributed by atoms with van der Waals surface area (Å²) in [4.78, 5) is 0. The van der Waals surface area contributed by atoms with Crippen LogP contribution in [0.4, 0.5) is 5.69 Å². The molecule has 0 saturated heterocycles. The number of rotatable bonds is 3. The second-order valence-corrected chi connectivity index (χ2v) is 4.52. The average molecular weight is 218 g/mol. The highest BCUT2D eigenvalue weighted by molar-refractivity contribution is 5.63. The summed E-state index contributed by atoms with van der Waals surface area (Å²) in [5.74, 6) is 0.800. The van der Waals surface area contributed by atoms with Crippen molar-refractivity contribution in [2.75, 3.05) is 12.4 Å². The van der Waals surface area contributed by atoms with Crippen LogP contribution in [0, 0.1) is 25.2 Å². The second-order valence-electron chi connectivity index (χ2n) is 4.52. The zero-order valence-corrected chi connectivity index (χ0v) is 10.5. The van der Waals surface area contributed by atoms with Gasteiger partial charge in [0.2, 0.25) is 0 Å². The van der Waals surface area contributed by atoms with Gasteiger partial charge in [-0.1, -0.05) is 6.07 Å². The molecule has 3 nitrogen and oxygen atoms in total. The van der Waals surface area contributed by atoms with Crippen molar-refractivity contribution in [3.8, 4) is 11.8 Å². The van der Waals surface area contributed by atoms with Crippen LogP contribution in [-0.2, 0) is 0 Å². The molecule has 0 aliphatic heterocycles. The molecule has 0 atom stereocenters. The molecule has 1 aromatic carbocycles. The van der Waals surface area contributed by atoms with E-state index in [1.165, 1.54) is 0 Å². The van der Waals surface area contributed by atoms with Gasteiger partial charge in [0.15, 0.2) is 0 Å². The van der Waals surface area contributed by atoms with E-state index in [2.05, 4.69) is 17.5 Å². The van der Waals surface area contributed by atoms with E-state index in [4.69, 9.17) is 10.00 Å². The minimum absolute atomic E-state index is 0.604. The van der Waals surface area contributed by atoms with Crippen LogP contribution < -0.4 is 10.1 Å². The SMILES string of the molecule is COc1c(C)cc(C)cc1NC(C)(C)C#N. The summed E-state index contributed by atoms with van der Waals surface area (Å²) in [6, 6.07) is 6.26. The van der Waals surface area contributed by atoms with E-state index in [0.717, 1.165) is 22.6 Å². The third kappa shape index (κ3) is 2.66. The van der Waals surface area contributed by atoms with E-state index in [1.54, 1.807) is 7.11 Å². The van der Waals surface area contributed by atoms with E-state index < -0.39 is 5.54 Å².